The highest BCUT2D eigenvalue weighted by molar-refractivity contribution is 5.75. The van der Waals surface area contributed by atoms with Crippen LogP contribution in [-0.2, 0) is 0 Å². The quantitative estimate of drug-likeness (QED) is 0.856. The Bertz CT molecular complexity index is 591. The summed E-state index contributed by atoms with van der Waals surface area (Å²) in [7, 11) is 1.18. The Balaban J connectivity index is 3.11. The highest BCUT2D eigenvalue weighted by Crippen LogP contribution is 2.35. The molecular weight excluding hydrogens is 321 g/mol. The molecule has 4 nitrogen and oxygen atoms in total. The number of nitrogens with one attached hydrogen (secondary N) is 1. The van der Waals surface area contributed by atoms with E-state index in [0.29, 0.717) is 12.1 Å². The number of nitriles is 1. The molecule has 126 valence electrons. The average Bonchev–Trinajstić information content (AvgIpc) is 2.44. The third-order valence-corrected chi connectivity index (χ3v) is 3.25. The van der Waals surface area contributed by atoms with Crippen LogP contribution in [0.25, 0.3) is 0 Å². The lowest BCUT2D eigenvalue weighted by Crippen LogP contribution is -2.47. The van der Waals surface area contributed by atoms with Gasteiger partial charge in [0.25, 0.3) is 0 Å². The predicted molar refractivity (Wildman–Crippen MR) is 71.1 cm³/mol. The van der Waals surface area contributed by atoms with Gasteiger partial charge in [-0.05, 0) is 19.1 Å². The summed E-state index contributed by atoms with van der Waals surface area (Å²) >= 11 is 0. The van der Waals surface area contributed by atoms with Crippen molar-refractivity contribution in [1.29, 1.82) is 5.26 Å². The number of rotatable bonds is 4. The van der Waals surface area contributed by atoms with Crippen LogP contribution in [0.5, 0.6) is 0 Å². The molecule has 0 heterocycles. The van der Waals surface area contributed by atoms with Crippen molar-refractivity contribution < 1.29 is 26.7 Å². The zero-order valence-corrected chi connectivity index (χ0v) is 12.3. The lowest BCUT2D eigenvalue weighted by molar-refractivity contribution is -0.156. The van der Waals surface area contributed by atoms with Gasteiger partial charge in [0.05, 0.1) is 18.1 Å². The fourth-order valence-corrected chi connectivity index (χ4v) is 1.80. The highest BCUT2D eigenvalue weighted by atomic mass is 19.4. The van der Waals surface area contributed by atoms with Crippen LogP contribution in [0.3, 0.4) is 0 Å². The van der Waals surface area contributed by atoms with Gasteiger partial charge in [0.2, 0.25) is 0 Å². The molecule has 0 fully saturated rings. The molecule has 1 aromatic carbocycles. The van der Waals surface area contributed by atoms with E-state index < -0.39 is 41.5 Å². The Kier molecular flexibility index (Phi) is 5.90. The van der Waals surface area contributed by atoms with E-state index in [9.17, 15) is 26.7 Å². The number of amides is 2. The predicted octanol–water partition coefficient (Wildman–Crippen LogP) is 3.51. The van der Waals surface area contributed by atoms with Gasteiger partial charge >= 0.3 is 12.2 Å². The Morgan fingerprint density at radius 3 is 2.30 bits per heavy atom. The van der Waals surface area contributed by atoms with Gasteiger partial charge in [0.1, 0.15) is 11.6 Å². The second-order valence-corrected chi connectivity index (χ2v) is 4.88. The molecule has 0 bridgehead atoms. The largest absolute Gasteiger partial charge is 0.413 e. The van der Waals surface area contributed by atoms with E-state index in [1.807, 2.05) is 0 Å². The first-order valence-electron chi connectivity index (χ1n) is 6.50. The van der Waals surface area contributed by atoms with Crippen molar-refractivity contribution in [2.45, 2.75) is 31.6 Å². The summed E-state index contributed by atoms with van der Waals surface area (Å²) in [4.78, 5) is 12.7. The summed E-state index contributed by atoms with van der Waals surface area (Å²) in [6, 6.07) is -0.666. The molecule has 1 aromatic rings. The third kappa shape index (κ3) is 4.55. The molecule has 0 aromatic heterocycles. The maximum atomic E-state index is 13.6. The highest BCUT2D eigenvalue weighted by Gasteiger charge is 2.45. The molecule has 0 saturated heterocycles. The van der Waals surface area contributed by atoms with E-state index in [2.05, 4.69) is 0 Å². The standard InChI is InChI=1S/C14H14F5N3O/c1-8(6-7-20)22(2)13(23)21-12(14(17,18)19)11-9(15)4-3-5-10(11)16/h3-5,8,12H,6H2,1-2H3,(H,21,23)/t8-,12-/m0/s1. The van der Waals surface area contributed by atoms with Crippen LogP contribution in [0.4, 0.5) is 26.7 Å². The summed E-state index contributed by atoms with van der Waals surface area (Å²) in [6.45, 7) is 1.45. The molecular formula is C14H14F5N3O. The fourth-order valence-electron chi connectivity index (χ4n) is 1.80. The zero-order valence-electron chi connectivity index (χ0n) is 12.3. The lowest BCUT2D eigenvalue weighted by Gasteiger charge is -2.28. The van der Waals surface area contributed by atoms with Crippen molar-refractivity contribution in [3.05, 3.63) is 35.4 Å². The molecule has 9 heteroatoms. The minimum atomic E-state index is -5.10. The van der Waals surface area contributed by atoms with Gasteiger partial charge in [-0.15, -0.1) is 0 Å². The van der Waals surface area contributed by atoms with Crippen molar-refractivity contribution in [3.63, 3.8) is 0 Å². The number of carbonyl (C=O) groups is 1. The molecule has 0 radical (unpaired) electrons. The van der Waals surface area contributed by atoms with Crippen LogP contribution in [0.1, 0.15) is 24.9 Å². The van der Waals surface area contributed by atoms with Crippen molar-refractivity contribution in [2.75, 3.05) is 7.05 Å². The van der Waals surface area contributed by atoms with Crippen LogP contribution in [0, 0.1) is 23.0 Å². The SMILES string of the molecule is C[C@@H](CC#N)N(C)C(=O)N[C@@H](c1c(F)cccc1F)C(F)(F)F. The van der Waals surface area contributed by atoms with Crippen LogP contribution in [0.15, 0.2) is 18.2 Å². The monoisotopic (exact) mass is 335 g/mol. The number of hydrogen-bond donors (Lipinski definition) is 1. The van der Waals surface area contributed by atoms with Crippen molar-refractivity contribution >= 4 is 6.03 Å². The first-order chi connectivity index (χ1) is 10.6. The van der Waals surface area contributed by atoms with Crippen molar-refractivity contribution in [2.24, 2.45) is 0 Å². The van der Waals surface area contributed by atoms with Crippen molar-refractivity contribution in [3.8, 4) is 6.07 Å². The number of carbonyl (C=O) groups excluding carboxylic acids is 1. The van der Waals surface area contributed by atoms with Gasteiger partial charge in [-0.3, -0.25) is 0 Å². The second-order valence-electron chi connectivity index (χ2n) is 4.88. The molecule has 0 aliphatic rings. The number of nitrogens with zero attached hydrogens (tertiary/aromatic N) is 2. The van der Waals surface area contributed by atoms with Gasteiger partial charge in [-0.1, -0.05) is 6.07 Å². The van der Waals surface area contributed by atoms with Crippen molar-refractivity contribution in [1.82, 2.24) is 10.2 Å². The zero-order chi connectivity index (χ0) is 17.8. The van der Waals surface area contributed by atoms with E-state index in [-0.39, 0.29) is 6.42 Å². The van der Waals surface area contributed by atoms with E-state index >= 15 is 0 Å². The first-order valence-corrected chi connectivity index (χ1v) is 6.50. The number of benzene rings is 1. The van der Waals surface area contributed by atoms with Crippen LogP contribution >= 0.6 is 0 Å². The van der Waals surface area contributed by atoms with E-state index in [0.717, 1.165) is 11.0 Å². The van der Waals surface area contributed by atoms with Crippen LogP contribution < -0.4 is 5.32 Å². The number of hydrogen-bond acceptors (Lipinski definition) is 2. The molecule has 2 amide bonds. The van der Waals surface area contributed by atoms with E-state index in [1.165, 1.54) is 14.0 Å². The Morgan fingerprint density at radius 2 is 1.87 bits per heavy atom. The first kappa shape index (κ1) is 18.7. The molecule has 0 saturated carbocycles. The second kappa shape index (κ2) is 7.26. The summed E-state index contributed by atoms with van der Waals surface area (Å²) in [5.41, 5.74) is -1.28. The summed E-state index contributed by atoms with van der Waals surface area (Å²) in [6.07, 6.45) is -5.20. The maximum Gasteiger partial charge on any atom is 0.413 e. The minimum absolute atomic E-state index is 0.103. The normalized spacial score (nSPS) is 13.8. The third-order valence-electron chi connectivity index (χ3n) is 3.25. The molecule has 2 atom stereocenters. The molecule has 1 rings (SSSR count). The topological polar surface area (TPSA) is 56.1 Å². The van der Waals surface area contributed by atoms with Crippen LogP contribution in [-0.4, -0.2) is 30.2 Å². The summed E-state index contributed by atoms with van der Waals surface area (Å²) in [5.74, 6) is -2.83. The molecule has 0 unspecified atom stereocenters. The maximum absolute atomic E-state index is 13.6. The fraction of sp³-hybridized carbons (Fsp3) is 0.429. The Hall–Kier alpha value is -2.37. The molecule has 23 heavy (non-hydrogen) atoms. The van der Waals surface area contributed by atoms with Gasteiger partial charge < -0.3 is 10.2 Å². The number of halogens is 5. The van der Waals surface area contributed by atoms with Gasteiger partial charge in [0, 0.05) is 13.1 Å². The number of alkyl halides is 3. The molecule has 0 spiro atoms. The van der Waals surface area contributed by atoms with Gasteiger partial charge in [-0.25, -0.2) is 13.6 Å². The lowest BCUT2D eigenvalue weighted by atomic mass is 10.0. The Labute approximate surface area is 129 Å². The van der Waals surface area contributed by atoms with Gasteiger partial charge in [-0.2, -0.15) is 18.4 Å². The molecule has 0 aliphatic carbocycles. The van der Waals surface area contributed by atoms with E-state index in [4.69, 9.17) is 5.26 Å². The van der Waals surface area contributed by atoms with Gasteiger partial charge in [0.15, 0.2) is 6.04 Å². The van der Waals surface area contributed by atoms with E-state index in [1.54, 1.807) is 11.4 Å². The smallest absolute Gasteiger partial charge is 0.324 e. The molecule has 0 aliphatic heterocycles. The molecule has 1 N–H and O–H groups in total. The Morgan fingerprint density at radius 1 is 1.35 bits per heavy atom. The summed E-state index contributed by atoms with van der Waals surface area (Å²) in [5, 5.41) is 10.1. The number of urea groups is 1. The summed E-state index contributed by atoms with van der Waals surface area (Å²) < 4.78 is 66.6. The van der Waals surface area contributed by atoms with Crippen LogP contribution in [0.2, 0.25) is 0 Å². The minimum Gasteiger partial charge on any atom is -0.324 e. The average molecular weight is 335 g/mol.